The Hall–Kier alpha value is -1.43. The molecule has 0 bridgehead atoms. The van der Waals surface area contributed by atoms with Gasteiger partial charge in [0.05, 0.1) is 5.56 Å². The number of carbonyl (C=O) groups is 2. The summed E-state index contributed by atoms with van der Waals surface area (Å²) in [5, 5.41) is 0. The van der Waals surface area contributed by atoms with Crippen LogP contribution in [0.1, 0.15) is 36.5 Å². The van der Waals surface area contributed by atoms with Gasteiger partial charge >= 0.3 is 5.97 Å². The summed E-state index contributed by atoms with van der Waals surface area (Å²) in [4.78, 5) is 25.6. The standard InChI is InChI=1S/C15H17BrFNO3/c1-10-4-2-3-7-18(10)14(19)9-21-15(20)12-8-11(16)5-6-13(12)17/h5-6,8,10H,2-4,7,9H2,1H3. The molecule has 21 heavy (non-hydrogen) atoms. The smallest absolute Gasteiger partial charge is 0.341 e. The maximum absolute atomic E-state index is 13.5. The predicted octanol–water partition coefficient (Wildman–Crippen LogP) is 3.15. The molecule has 2 rings (SSSR count). The molecule has 0 N–H and O–H groups in total. The lowest BCUT2D eigenvalue weighted by molar-refractivity contribution is -0.137. The molecule has 1 fully saturated rings. The van der Waals surface area contributed by atoms with Crippen LogP contribution in [-0.2, 0) is 9.53 Å². The van der Waals surface area contributed by atoms with Gasteiger partial charge in [0.1, 0.15) is 5.82 Å². The van der Waals surface area contributed by atoms with E-state index in [4.69, 9.17) is 4.74 Å². The van der Waals surface area contributed by atoms with Crippen molar-refractivity contribution < 1.29 is 18.7 Å². The predicted molar refractivity (Wildman–Crippen MR) is 79.4 cm³/mol. The van der Waals surface area contributed by atoms with Gasteiger partial charge in [0.2, 0.25) is 0 Å². The molecule has 0 aliphatic carbocycles. The highest BCUT2D eigenvalue weighted by molar-refractivity contribution is 9.10. The van der Waals surface area contributed by atoms with E-state index in [-0.39, 0.29) is 24.1 Å². The van der Waals surface area contributed by atoms with Crippen molar-refractivity contribution in [2.24, 2.45) is 0 Å². The fourth-order valence-electron chi connectivity index (χ4n) is 2.41. The number of piperidine rings is 1. The number of hydrogen-bond donors (Lipinski definition) is 0. The van der Waals surface area contributed by atoms with Gasteiger partial charge in [0.15, 0.2) is 6.61 Å². The van der Waals surface area contributed by atoms with E-state index >= 15 is 0 Å². The molecule has 1 aliphatic rings. The molecule has 1 atom stereocenters. The molecule has 1 aromatic rings. The monoisotopic (exact) mass is 357 g/mol. The van der Waals surface area contributed by atoms with E-state index in [1.54, 1.807) is 4.90 Å². The van der Waals surface area contributed by atoms with Crippen molar-refractivity contribution in [3.63, 3.8) is 0 Å². The summed E-state index contributed by atoms with van der Waals surface area (Å²) < 4.78 is 19.1. The highest BCUT2D eigenvalue weighted by Crippen LogP contribution is 2.18. The number of benzene rings is 1. The van der Waals surface area contributed by atoms with Crippen molar-refractivity contribution in [1.29, 1.82) is 0 Å². The van der Waals surface area contributed by atoms with Crippen LogP contribution in [0, 0.1) is 5.82 Å². The van der Waals surface area contributed by atoms with Crippen molar-refractivity contribution in [2.45, 2.75) is 32.2 Å². The molecule has 1 heterocycles. The Morgan fingerprint density at radius 3 is 2.90 bits per heavy atom. The van der Waals surface area contributed by atoms with Crippen molar-refractivity contribution in [3.8, 4) is 0 Å². The third kappa shape index (κ3) is 4.03. The molecule has 0 radical (unpaired) electrons. The molecular formula is C15H17BrFNO3. The Kier molecular flexibility index (Phi) is 5.33. The average Bonchev–Trinajstić information content (AvgIpc) is 2.47. The number of hydrogen-bond acceptors (Lipinski definition) is 3. The van der Waals surface area contributed by atoms with Gasteiger partial charge in [0.25, 0.3) is 5.91 Å². The fraction of sp³-hybridized carbons (Fsp3) is 0.467. The van der Waals surface area contributed by atoms with Crippen molar-refractivity contribution in [2.75, 3.05) is 13.2 Å². The first kappa shape index (κ1) is 15.9. The van der Waals surface area contributed by atoms with E-state index in [0.29, 0.717) is 11.0 Å². The lowest BCUT2D eigenvalue weighted by Gasteiger charge is -2.33. The second-order valence-corrected chi connectivity index (χ2v) is 6.05. The quantitative estimate of drug-likeness (QED) is 0.780. The van der Waals surface area contributed by atoms with Crippen molar-refractivity contribution >= 4 is 27.8 Å². The molecule has 114 valence electrons. The van der Waals surface area contributed by atoms with E-state index in [1.165, 1.54) is 18.2 Å². The Morgan fingerprint density at radius 2 is 2.19 bits per heavy atom. The summed E-state index contributed by atoms with van der Waals surface area (Å²) in [6, 6.07) is 4.17. The van der Waals surface area contributed by atoms with Crippen LogP contribution in [0.5, 0.6) is 0 Å². The van der Waals surface area contributed by atoms with Gasteiger partial charge in [-0.05, 0) is 44.4 Å². The minimum Gasteiger partial charge on any atom is -0.452 e. The third-order valence-corrected chi connectivity index (χ3v) is 4.09. The van der Waals surface area contributed by atoms with E-state index in [1.807, 2.05) is 6.92 Å². The van der Waals surface area contributed by atoms with Gasteiger partial charge < -0.3 is 9.64 Å². The van der Waals surface area contributed by atoms with E-state index in [0.717, 1.165) is 19.3 Å². The minimum absolute atomic E-state index is 0.160. The van der Waals surface area contributed by atoms with Gasteiger partial charge in [0, 0.05) is 17.1 Å². The number of carbonyl (C=O) groups excluding carboxylic acids is 2. The van der Waals surface area contributed by atoms with Crippen LogP contribution in [0.4, 0.5) is 4.39 Å². The molecule has 6 heteroatoms. The van der Waals surface area contributed by atoms with Gasteiger partial charge in [-0.25, -0.2) is 9.18 Å². The summed E-state index contributed by atoms with van der Waals surface area (Å²) in [5.74, 6) is -1.72. The lowest BCUT2D eigenvalue weighted by Crippen LogP contribution is -2.44. The van der Waals surface area contributed by atoms with Crippen molar-refractivity contribution in [3.05, 3.63) is 34.1 Å². The van der Waals surface area contributed by atoms with E-state index in [2.05, 4.69) is 15.9 Å². The number of ether oxygens (including phenoxy) is 1. The van der Waals surface area contributed by atoms with Crippen LogP contribution in [0.3, 0.4) is 0 Å². The number of nitrogens with zero attached hydrogens (tertiary/aromatic N) is 1. The summed E-state index contributed by atoms with van der Waals surface area (Å²) in [5.41, 5.74) is -0.177. The van der Waals surface area contributed by atoms with E-state index < -0.39 is 11.8 Å². The van der Waals surface area contributed by atoms with Crippen LogP contribution >= 0.6 is 15.9 Å². The molecule has 1 aromatic carbocycles. The Labute approximate surface area is 131 Å². The summed E-state index contributed by atoms with van der Waals surface area (Å²) in [6.45, 7) is 2.31. The number of halogens is 2. The van der Waals surface area contributed by atoms with Gasteiger partial charge in [-0.15, -0.1) is 0 Å². The highest BCUT2D eigenvalue weighted by atomic mass is 79.9. The topological polar surface area (TPSA) is 46.6 Å². The second-order valence-electron chi connectivity index (χ2n) is 5.13. The zero-order valence-electron chi connectivity index (χ0n) is 11.8. The molecule has 4 nitrogen and oxygen atoms in total. The Morgan fingerprint density at radius 1 is 1.43 bits per heavy atom. The molecule has 1 amide bonds. The summed E-state index contributed by atoms with van der Waals surface area (Å²) >= 11 is 3.17. The lowest BCUT2D eigenvalue weighted by atomic mass is 10.0. The largest absolute Gasteiger partial charge is 0.452 e. The second kappa shape index (κ2) is 7.02. The zero-order valence-corrected chi connectivity index (χ0v) is 13.4. The zero-order chi connectivity index (χ0) is 15.4. The molecule has 0 aromatic heterocycles. The van der Waals surface area contributed by atoms with Crippen LogP contribution in [0.2, 0.25) is 0 Å². The molecular weight excluding hydrogens is 341 g/mol. The first-order valence-electron chi connectivity index (χ1n) is 6.90. The number of rotatable bonds is 3. The molecule has 1 saturated heterocycles. The minimum atomic E-state index is -0.827. The molecule has 0 spiro atoms. The molecule has 1 aliphatic heterocycles. The van der Waals surface area contributed by atoms with E-state index in [9.17, 15) is 14.0 Å². The third-order valence-electron chi connectivity index (χ3n) is 3.60. The average molecular weight is 358 g/mol. The summed E-state index contributed by atoms with van der Waals surface area (Å²) in [7, 11) is 0. The SMILES string of the molecule is CC1CCCCN1C(=O)COC(=O)c1cc(Br)ccc1F. The molecule has 0 saturated carbocycles. The number of amides is 1. The Balaban J connectivity index is 1.94. The van der Waals surface area contributed by atoms with Crippen LogP contribution in [0.15, 0.2) is 22.7 Å². The molecule has 1 unspecified atom stereocenters. The fourth-order valence-corrected chi connectivity index (χ4v) is 2.77. The first-order valence-corrected chi connectivity index (χ1v) is 7.70. The maximum atomic E-state index is 13.5. The first-order chi connectivity index (χ1) is 9.99. The summed E-state index contributed by atoms with van der Waals surface area (Å²) in [6.07, 6.45) is 3.03. The van der Waals surface area contributed by atoms with Gasteiger partial charge in [-0.3, -0.25) is 4.79 Å². The van der Waals surface area contributed by atoms with Gasteiger partial charge in [-0.2, -0.15) is 0 Å². The van der Waals surface area contributed by atoms with Crippen LogP contribution in [0.25, 0.3) is 0 Å². The normalized spacial score (nSPS) is 18.4. The maximum Gasteiger partial charge on any atom is 0.341 e. The Bertz CT molecular complexity index is 550. The number of esters is 1. The van der Waals surface area contributed by atoms with Crippen LogP contribution < -0.4 is 0 Å². The highest BCUT2D eigenvalue weighted by Gasteiger charge is 2.24. The van der Waals surface area contributed by atoms with Crippen molar-refractivity contribution in [1.82, 2.24) is 4.90 Å². The van der Waals surface area contributed by atoms with Gasteiger partial charge in [-0.1, -0.05) is 15.9 Å². The number of likely N-dealkylation sites (tertiary alicyclic amines) is 1. The van der Waals surface area contributed by atoms with Crippen LogP contribution in [-0.4, -0.2) is 36.0 Å².